The Bertz CT molecular complexity index is 546. The standard InChI is InChI=1S/C14H18FN3/c1-3-6-18-10(2)14(9-17-18)13-5-4-12(15)7-11(13)8-16/h4-5,7,9H,3,6,8,16H2,1-2H3. The van der Waals surface area contributed by atoms with Crippen molar-refractivity contribution >= 4 is 0 Å². The van der Waals surface area contributed by atoms with Gasteiger partial charge in [0.2, 0.25) is 0 Å². The summed E-state index contributed by atoms with van der Waals surface area (Å²) in [6.45, 7) is 5.36. The van der Waals surface area contributed by atoms with Crippen LogP contribution < -0.4 is 5.73 Å². The van der Waals surface area contributed by atoms with Gasteiger partial charge < -0.3 is 5.73 Å². The van der Waals surface area contributed by atoms with E-state index in [1.165, 1.54) is 12.1 Å². The average molecular weight is 247 g/mol. The fourth-order valence-corrected chi connectivity index (χ4v) is 2.14. The van der Waals surface area contributed by atoms with Crippen LogP contribution in [0.5, 0.6) is 0 Å². The minimum absolute atomic E-state index is 0.252. The van der Waals surface area contributed by atoms with Gasteiger partial charge in [0.15, 0.2) is 0 Å². The van der Waals surface area contributed by atoms with Crippen molar-refractivity contribution < 1.29 is 4.39 Å². The Morgan fingerprint density at radius 1 is 1.33 bits per heavy atom. The molecule has 1 aromatic carbocycles. The minimum Gasteiger partial charge on any atom is -0.326 e. The summed E-state index contributed by atoms with van der Waals surface area (Å²) < 4.78 is 15.2. The lowest BCUT2D eigenvalue weighted by Gasteiger charge is -2.08. The van der Waals surface area contributed by atoms with Gasteiger partial charge >= 0.3 is 0 Å². The highest BCUT2D eigenvalue weighted by Gasteiger charge is 2.12. The van der Waals surface area contributed by atoms with E-state index in [-0.39, 0.29) is 5.82 Å². The van der Waals surface area contributed by atoms with Crippen molar-refractivity contribution in [3.8, 4) is 11.1 Å². The zero-order valence-electron chi connectivity index (χ0n) is 10.8. The second kappa shape index (κ2) is 5.31. The summed E-state index contributed by atoms with van der Waals surface area (Å²) >= 11 is 0. The highest BCUT2D eigenvalue weighted by atomic mass is 19.1. The van der Waals surface area contributed by atoms with E-state index < -0.39 is 0 Å². The molecule has 0 radical (unpaired) electrons. The van der Waals surface area contributed by atoms with Gasteiger partial charge in [-0.15, -0.1) is 0 Å². The molecular formula is C14H18FN3. The largest absolute Gasteiger partial charge is 0.326 e. The third kappa shape index (κ3) is 2.29. The van der Waals surface area contributed by atoms with Crippen LogP contribution in [0.1, 0.15) is 24.6 Å². The number of halogens is 1. The van der Waals surface area contributed by atoms with Gasteiger partial charge in [-0.25, -0.2) is 4.39 Å². The van der Waals surface area contributed by atoms with Gasteiger partial charge in [-0.2, -0.15) is 5.10 Å². The lowest BCUT2D eigenvalue weighted by Crippen LogP contribution is -2.02. The monoisotopic (exact) mass is 247 g/mol. The van der Waals surface area contributed by atoms with E-state index >= 15 is 0 Å². The molecule has 0 saturated carbocycles. The average Bonchev–Trinajstić information content (AvgIpc) is 2.72. The summed E-state index contributed by atoms with van der Waals surface area (Å²) in [5.74, 6) is -0.252. The van der Waals surface area contributed by atoms with E-state index in [0.717, 1.165) is 35.3 Å². The third-order valence-corrected chi connectivity index (χ3v) is 3.12. The molecule has 18 heavy (non-hydrogen) atoms. The molecule has 0 fully saturated rings. The van der Waals surface area contributed by atoms with Crippen molar-refractivity contribution in [2.24, 2.45) is 5.73 Å². The minimum atomic E-state index is -0.252. The summed E-state index contributed by atoms with van der Waals surface area (Å²) in [7, 11) is 0. The molecule has 2 rings (SSSR count). The van der Waals surface area contributed by atoms with Crippen molar-refractivity contribution in [2.45, 2.75) is 33.4 Å². The smallest absolute Gasteiger partial charge is 0.123 e. The predicted octanol–water partition coefficient (Wildman–Crippen LogP) is 2.87. The summed E-state index contributed by atoms with van der Waals surface area (Å²) in [6.07, 6.45) is 2.87. The number of rotatable bonds is 4. The zero-order valence-corrected chi connectivity index (χ0v) is 10.8. The van der Waals surface area contributed by atoms with E-state index in [9.17, 15) is 4.39 Å². The quantitative estimate of drug-likeness (QED) is 0.902. The van der Waals surface area contributed by atoms with Gasteiger partial charge in [-0.3, -0.25) is 4.68 Å². The van der Waals surface area contributed by atoms with Gasteiger partial charge in [0, 0.05) is 24.3 Å². The molecule has 0 aliphatic rings. The lowest BCUT2D eigenvalue weighted by atomic mass is 10.0. The third-order valence-electron chi connectivity index (χ3n) is 3.12. The van der Waals surface area contributed by atoms with Crippen molar-refractivity contribution in [2.75, 3.05) is 0 Å². The fourth-order valence-electron chi connectivity index (χ4n) is 2.14. The molecule has 0 bridgehead atoms. The Morgan fingerprint density at radius 3 is 2.78 bits per heavy atom. The van der Waals surface area contributed by atoms with Gasteiger partial charge in [-0.1, -0.05) is 13.0 Å². The number of aromatic nitrogens is 2. The lowest BCUT2D eigenvalue weighted by molar-refractivity contribution is 0.587. The van der Waals surface area contributed by atoms with Gasteiger partial charge in [0.25, 0.3) is 0 Å². The van der Waals surface area contributed by atoms with Crippen LogP contribution in [0.25, 0.3) is 11.1 Å². The SMILES string of the molecule is CCCn1ncc(-c2ccc(F)cc2CN)c1C. The van der Waals surface area contributed by atoms with Crippen LogP contribution in [0.4, 0.5) is 4.39 Å². The molecule has 3 nitrogen and oxygen atoms in total. The van der Waals surface area contributed by atoms with Gasteiger partial charge in [0.1, 0.15) is 5.82 Å². The molecule has 2 aromatic rings. The van der Waals surface area contributed by atoms with E-state index in [1.807, 2.05) is 17.8 Å². The van der Waals surface area contributed by atoms with Gasteiger partial charge in [0.05, 0.1) is 6.20 Å². The van der Waals surface area contributed by atoms with Crippen LogP contribution in [0.15, 0.2) is 24.4 Å². The molecule has 1 aromatic heterocycles. The Kier molecular flexibility index (Phi) is 3.77. The molecule has 2 N–H and O–H groups in total. The van der Waals surface area contributed by atoms with Crippen molar-refractivity contribution in [3.05, 3.63) is 41.5 Å². The Morgan fingerprint density at radius 2 is 2.11 bits per heavy atom. The first kappa shape index (κ1) is 12.8. The maximum Gasteiger partial charge on any atom is 0.123 e. The van der Waals surface area contributed by atoms with E-state index in [0.29, 0.717) is 6.54 Å². The van der Waals surface area contributed by atoms with E-state index in [4.69, 9.17) is 5.73 Å². The first-order chi connectivity index (χ1) is 8.67. The number of hydrogen-bond donors (Lipinski definition) is 1. The highest BCUT2D eigenvalue weighted by Crippen LogP contribution is 2.27. The molecule has 1 heterocycles. The van der Waals surface area contributed by atoms with Crippen LogP contribution >= 0.6 is 0 Å². The number of hydrogen-bond acceptors (Lipinski definition) is 2. The van der Waals surface area contributed by atoms with Crippen molar-refractivity contribution in [1.29, 1.82) is 0 Å². The maximum absolute atomic E-state index is 13.2. The molecule has 0 amide bonds. The first-order valence-electron chi connectivity index (χ1n) is 6.18. The molecule has 0 aliphatic heterocycles. The molecule has 96 valence electrons. The molecule has 0 aliphatic carbocycles. The van der Waals surface area contributed by atoms with Gasteiger partial charge in [-0.05, 0) is 36.6 Å². The summed E-state index contributed by atoms with van der Waals surface area (Å²) in [4.78, 5) is 0. The Hall–Kier alpha value is -1.68. The summed E-state index contributed by atoms with van der Waals surface area (Å²) in [5, 5.41) is 4.36. The van der Waals surface area contributed by atoms with Crippen LogP contribution in [0.3, 0.4) is 0 Å². The Balaban J connectivity index is 2.48. The number of aryl methyl sites for hydroxylation is 1. The topological polar surface area (TPSA) is 43.8 Å². The van der Waals surface area contributed by atoms with Crippen molar-refractivity contribution in [1.82, 2.24) is 9.78 Å². The summed E-state index contributed by atoms with van der Waals surface area (Å²) in [6, 6.07) is 4.73. The second-order valence-corrected chi connectivity index (χ2v) is 4.37. The maximum atomic E-state index is 13.2. The predicted molar refractivity (Wildman–Crippen MR) is 70.5 cm³/mol. The van der Waals surface area contributed by atoms with Crippen LogP contribution in [-0.4, -0.2) is 9.78 Å². The molecule has 0 spiro atoms. The number of nitrogens with two attached hydrogens (primary N) is 1. The molecule has 4 heteroatoms. The number of nitrogens with zero attached hydrogens (tertiary/aromatic N) is 2. The Labute approximate surface area is 106 Å². The second-order valence-electron chi connectivity index (χ2n) is 4.37. The van der Waals surface area contributed by atoms with Crippen molar-refractivity contribution in [3.63, 3.8) is 0 Å². The van der Waals surface area contributed by atoms with E-state index in [1.54, 1.807) is 6.07 Å². The molecular weight excluding hydrogens is 229 g/mol. The van der Waals surface area contributed by atoms with Crippen LogP contribution in [0, 0.1) is 12.7 Å². The molecule has 0 atom stereocenters. The normalized spacial score (nSPS) is 10.9. The van der Waals surface area contributed by atoms with Crippen LogP contribution in [0.2, 0.25) is 0 Å². The first-order valence-corrected chi connectivity index (χ1v) is 6.18. The fraction of sp³-hybridized carbons (Fsp3) is 0.357. The molecule has 0 unspecified atom stereocenters. The summed E-state index contributed by atoms with van der Waals surface area (Å²) in [5.41, 5.74) is 9.59. The van der Waals surface area contributed by atoms with E-state index in [2.05, 4.69) is 12.0 Å². The van der Waals surface area contributed by atoms with Crippen LogP contribution in [-0.2, 0) is 13.1 Å². The highest BCUT2D eigenvalue weighted by molar-refractivity contribution is 5.68. The zero-order chi connectivity index (χ0) is 13.1. The number of benzene rings is 1. The molecule has 0 saturated heterocycles.